The van der Waals surface area contributed by atoms with Crippen LogP contribution in [0.5, 0.6) is 17.2 Å². The molecular formula is C21H25N3O6. The predicted octanol–water partition coefficient (Wildman–Crippen LogP) is 3.53. The topological polar surface area (TPSA) is 123 Å². The molecule has 160 valence electrons. The maximum Gasteiger partial charge on any atom is 0.277 e. The van der Waals surface area contributed by atoms with Gasteiger partial charge in [0.15, 0.2) is 18.1 Å². The molecule has 0 radical (unpaired) electrons. The molecule has 9 heteroatoms. The molecular weight excluding hydrogens is 390 g/mol. The van der Waals surface area contributed by atoms with Gasteiger partial charge in [-0.15, -0.1) is 0 Å². The van der Waals surface area contributed by atoms with Crippen LogP contribution < -0.4 is 14.9 Å². The first kappa shape index (κ1) is 22.7. The second-order valence-electron chi connectivity index (χ2n) is 7.43. The monoisotopic (exact) mass is 415 g/mol. The molecule has 0 fully saturated rings. The zero-order valence-electron chi connectivity index (χ0n) is 17.3. The van der Waals surface area contributed by atoms with E-state index < -0.39 is 10.8 Å². The fourth-order valence-corrected chi connectivity index (χ4v) is 2.49. The molecule has 0 heterocycles. The zero-order chi connectivity index (χ0) is 22.3. The predicted molar refractivity (Wildman–Crippen MR) is 112 cm³/mol. The van der Waals surface area contributed by atoms with Crippen molar-refractivity contribution in [3.05, 3.63) is 57.6 Å². The number of amides is 1. The maximum absolute atomic E-state index is 11.9. The van der Waals surface area contributed by atoms with Gasteiger partial charge in [0.1, 0.15) is 5.75 Å². The first-order valence-electron chi connectivity index (χ1n) is 9.31. The van der Waals surface area contributed by atoms with Crippen LogP contribution in [0.4, 0.5) is 5.69 Å². The van der Waals surface area contributed by atoms with Crippen molar-refractivity contribution < 1.29 is 24.3 Å². The van der Waals surface area contributed by atoms with Crippen molar-refractivity contribution >= 4 is 17.8 Å². The van der Waals surface area contributed by atoms with Crippen LogP contribution in [0.1, 0.15) is 38.8 Å². The lowest BCUT2D eigenvalue weighted by Gasteiger charge is -2.19. The van der Waals surface area contributed by atoms with E-state index in [4.69, 9.17) is 9.47 Å². The maximum atomic E-state index is 11.9. The summed E-state index contributed by atoms with van der Waals surface area (Å²) in [5, 5.41) is 24.9. The third-order valence-corrected chi connectivity index (χ3v) is 4.08. The van der Waals surface area contributed by atoms with Gasteiger partial charge >= 0.3 is 0 Å². The van der Waals surface area contributed by atoms with E-state index in [-0.39, 0.29) is 41.4 Å². The summed E-state index contributed by atoms with van der Waals surface area (Å²) in [5.74, 6) is -0.335. The van der Waals surface area contributed by atoms with Crippen molar-refractivity contribution in [2.75, 3.05) is 13.2 Å². The molecule has 2 N–H and O–H groups in total. The number of carbonyl (C=O) groups excluding carboxylic acids is 1. The fourth-order valence-electron chi connectivity index (χ4n) is 2.49. The largest absolute Gasteiger partial charge is 0.504 e. The molecule has 0 saturated carbocycles. The van der Waals surface area contributed by atoms with Crippen LogP contribution in [0, 0.1) is 10.1 Å². The molecule has 1 amide bonds. The van der Waals surface area contributed by atoms with E-state index >= 15 is 0 Å². The Morgan fingerprint density at radius 1 is 1.23 bits per heavy atom. The Morgan fingerprint density at radius 2 is 1.90 bits per heavy atom. The Labute approximate surface area is 174 Å². The molecule has 30 heavy (non-hydrogen) atoms. The van der Waals surface area contributed by atoms with Crippen LogP contribution in [0.25, 0.3) is 0 Å². The number of phenols is 1. The minimum Gasteiger partial charge on any atom is -0.504 e. The van der Waals surface area contributed by atoms with E-state index in [1.165, 1.54) is 0 Å². The molecule has 0 aliphatic rings. The van der Waals surface area contributed by atoms with E-state index in [1.807, 2.05) is 12.1 Å². The lowest BCUT2D eigenvalue weighted by atomic mass is 9.87. The van der Waals surface area contributed by atoms with E-state index in [1.54, 1.807) is 19.1 Å². The zero-order valence-corrected chi connectivity index (χ0v) is 17.3. The van der Waals surface area contributed by atoms with Gasteiger partial charge < -0.3 is 14.6 Å². The van der Waals surface area contributed by atoms with Gasteiger partial charge in [-0.2, -0.15) is 5.10 Å². The summed E-state index contributed by atoms with van der Waals surface area (Å²) in [4.78, 5) is 22.3. The number of nitrogens with zero attached hydrogens (tertiary/aromatic N) is 2. The Morgan fingerprint density at radius 3 is 2.47 bits per heavy atom. The minimum absolute atomic E-state index is 0.0186. The van der Waals surface area contributed by atoms with Crippen molar-refractivity contribution in [1.29, 1.82) is 0 Å². The lowest BCUT2D eigenvalue weighted by molar-refractivity contribution is -0.385. The smallest absolute Gasteiger partial charge is 0.277 e. The number of aromatic hydroxyl groups is 1. The number of nitrogens with one attached hydrogen (secondary N) is 1. The Hall–Kier alpha value is -3.62. The van der Waals surface area contributed by atoms with Gasteiger partial charge in [-0.05, 0) is 30.0 Å². The minimum atomic E-state index is -0.614. The molecule has 2 aromatic rings. The number of phenolic OH excluding ortho intramolecular Hbond substituents is 1. The van der Waals surface area contributed by atoms with Gasteiger partial charge in [0.25, 0.3) is 11.6 Å². The standard InChI is InChI=1S/C21H25N3O6/c1-5-29-18-11-16(24(27)28)10-14(20(18)26)12-22-23-19(25)13-30-17-8-6-15(7-9-17)21(2,3)4/h6-12,26H,5,13H2,1-4H3,(H,23,25)/b22-12+. The van der Waals surface area contributed by atoms with E-state index in [9.17, 15) is 20.0 Å². The fraction of sp³-hybridized carbons (Fsp3) is 0.333. The second-order valence-corrected chi connectivity index (χ2v) is 7.43. The average molecular weight is 415 g/mol. The van der Waals surface area contributed by atoms with E-state index in [0.717, 1.165) is 23.9 Å². The summed E-state index contributed by atoms with van der Waals surface area (Å²) in [5.41, 5.74) is 3.17. The van der Waals surface area contributed by atoms with Crippen LogP contribution in [0.2, 0.25) is 0 Å². The molecule has 0 unspecified atom stereocenters. The second kappa shape index (κ2) is 9.73. The van der Waals surface area contributed by atoms with E-state index in [2.05, 4.69) is 31.3 Å². The number of hydrogen-bond donors (Lipinski definition) is 2. The Bertz CT molecular complexity index is 933. The normalized spacial score (nSPS) is 11.3. The van der Waals surface area contributed by atoms with Crippen molar-refractivity contribution in [1.82, 2.24) is 5.43 Å². The van der Waals surface area contributed by atoms with Crippen LogP contribution >= 0.6 is 0 Å². The summed E-state index contributed by atoms with van der Waals surface area (Å²) in [6.07, 6.45) is 1.10. The third kappa shape index (κ3) is 6.20. The van der Waals surface area contributed by atoms with Crippen LogP contribution in [0.3, 0.4) is 0 Å². The van der Waals surface area contributed by atoms with Gasteiger partial charge in [-0.1, -0.05) is 32.9 Å². The number of benzene rings is 2. The molecule has 0 aromatic heterocycles. The summed E-state index contributed by atoms with van der Waals surface area (Å²) >= 11 is 0. The number of rotatable bonds is 8. The number of ether oxygens (including phenoxy) is 2. The van der Waals surface area contributed by atoms with Crippen molar-refractivity contribution in [2.24, 2.45) is 5.10 Å². The highest BCUT2D eigenvalue weighted by Gasteiger charge is 2.16. The number of hydrogen-bond acceptors (Lipinski definition) is 7. The molecule has 0 spiro atoms. The number of hydrazone groups is 1. The Kier molecular flexibility index (Phi) is 7.35. The molecule has 0 aliphatic carbocycles. The quantitative estimate of drug-likeness (QED) is 0.386. The highest BCUT2D eigenvalue weighted by Crippen LogP contribution is 2.33. The van der Waals surface area contributed by atoms with Crippen molar-refractivity contribution in [3.8, 4) is 17.2 Å². The van der Waals surface area contributed by atoms with E-state index in [0.29, 0.717) is 5.75 Å². The highest BCUT2D eigenvalue weighted by molar-refractivity contribution is 5.87. The molecule has 9 nitrogen and oxygen atoms in total. The molecule has 0 aliphatic heterocycles. The van der Waals surface area contributed by atoms with Gasteiger partial charge in [0.05, 0.1) is 23.8 Å². The molecule has 2 rings (SSSR count). The average Bonchev–Trinajstić information content (AvgIpc) is 2.68. The van der Waals surface area contributed by atoms with Gasteiger partial charge in [0.2, 0.25) is 0 Å². The summed E-state index contributed by atoms with van der Waals surface area (Å²) in [7, 11) is 0. The number of nitro groups is 1. The lowest BCUT2D eigenvalue weighted by Crippen LogP contribution is -2.24. The highest BCUT2D eigenvalue weighted by atomic mass is 16.6. The first-order valence-corrected chi connectivity index (χ1v) is 9.31. The van der Waals surface area contributed by atoms with Crippen LogP contribution in [0.15, 0.2) is 41.5 Å². The summed E-state index contributed by atoms with van der Waals surface area (Å²) < 4.78 is 10.6. The molecule has 0 saturated heterocycles. The molecule has 0 bridgehead atoms. The third-order valence-electron chi connectivity index (χ3n) is 4.08. The SMILES string of the molecule is CCOc1cc([N+](=O)[O-])cc(/C=N/NC(=O)COc2ccc(C(C)(C)C)cc2)c1O. The summed E-state index contributed by atoms with van der Waals surface area (Å²) in [6, 6.07) is 9.69. The number of carbonyl (C=O) groups is 1. The molecule has 0 atom stereocenters. The van der Waals surface area contributed by atoms with Crippen LogP contribution in [-0.2, 0) is 10.2 Å². The van der Waals surface area contributed by atoms with Gasteiger partial charge in [-0.25, -0.2) is 5.43 Å². The van der Waals surface area contributed by atoms with Gasteiger partial charge in [0, 0.05) is 11.6 Å². The first-order chi connectivity index (χ1) is 14.1. The van der Waals surface area contributed by atoms with Crippen molar-refractivity contribution in [3.63, 3.8) is 0 Å². The summed E-state index contributed by atoms with van der Waals surface area (Å²) in [6.45, 7) is 7.94. The number of nitro benzene ring substituents is 1. The molecule has 2 aromatic carbocycles. The van der Waals surface area contributed by atoms with Crippen molar-refractivity contribution in [2.45, 2.75) is 33.1 Å². The van der Waals surface area contributed by atoms with Crippen LogP contribution in [-0.4, -0.2) is 35.4 Å². The number of non-ortho nitro benzene ring substituents is 1. The van der Waals surface area contributed by atoms with Gasteiger partial charge in [-0.3, -0.25) is 14.9 Å². The Balaban J connectivity index is 1.98.